The van der Waals surface area contributed by atoms with Crippen LogP contribution in [0.2, 0.25) is 0 Å². The lowest BCUT2D eigenvalue weighted by Gasteiger charge is -2.26. The van der Waals surface area contributed by atoms with Gasteiger partial charge in [0.15, 0.2) is 0 Å². The van der Waals surface area contributed by atoms with Crippen molar-refractivity contribution in [2.24, 2.45) is 5.92 Å². The van der Waals surface area contributed by atoms with Crippen molar-refractivity contribution in [1.82, 2.24) is 10.4 Å². The number of rotatable bonds is 6. The van der Waals surface area contributed by atoms with Gasteiger partial charge in [-0.3, -0.25) is 9.80 Å². The zero-order chi connectivity index (χ0) is 13.0. The fourth-order valence-electron chi connectivity index (χ4n) is 2.15. The minimum Gasteiger partial charge on any atom is -0.278 e. The molecule has 0 spiro atoms. The van der Waals surface area contributed by atoms with Crippen LogP contribution in [-0.4, -0.2) is 23.5 Å². The van der Waals surface area contributed by atoms with E-state index in [4.69, 9.17) is 0 Å². The summed E-state index contributed by atoms with van der Waals surface area (Å²) in [6, 6.07) is 10.7. The Morgan fingerprint density at radius 3 is 2.61 bits per heavy atom. The Labute approximate surface area is 109 Å². The van der Waals surface area contributed by atoms with Crippen LogP contribution in [0.15, 0.2) is 30.3 Å². The zero-order valence-electron chi connectivity index (χ0n) is 11.2. The van der Waals surface area contributed by atoms with Crippen molar-refractivity contribution in [2.75, 3.05) is 6.54 Å². The van der Waals surface area contributed by atoms with Gasteiger partial charge in [-0.1, -0.05) is 30.3 Å². The fourth-order valence-corrected chi connectivity index (χ4v) is 2.15. The topological polar surface area (TPSA) is 32.3 Å². The third-order valence-electron chi connectivity index (χ3n) is 3.54. The highest BCUT2D eigenvalue weighted by molar-refractivity contribution is 5.72. The molecule has 3 nitrogen and oxygen atoms in total. The predicted octanol–water partition coefficient (Wildman–Crippen LogP) is 2.38. The number of carbonyl (C=O) groups excluding carboxylic acids is 1. The Morgan fingerprint density at radius 2 is 2.06 bits per heavy atom. The van der Waals surface area contributed by atoms with Crippen LogP contribution < -0.4 is 5.43 Å². The highest BCUT2D eigenvalue weighted by atomic mass is 16.2. The highest BCUT2D eigenvalue weighted by Gasteiger charge is 2.29. The second kappa shape index (κ2) is 6.01. The van der Waals surface area contributed by atoms with Gasteiger partial charge in [0.2, 0.25) is 5.91 Å². The molecule has 1 unspecified atom stereocenters. The van der Waals surface area contributed by atoms with E-state index in [2.05, 4.69) is 24.5 Å². The number of carbonyl (C=O) groups is 1. The first-order chi connectivity index (χ1) is 8.66. The van der Waals surface area contributed by atoms with E-state index in [1.807, 2.05) is 18.2 Å². The van der Waals surface area contributed by atoms with Gasteiger partial charge in [0.05, 0.1) is 0 Å². The molecule has 1 saturated carbocycles. The number of hydrogen-bond acceptors (Lipinski definition) is 2. The standard InChI is InChI=1S/C15H22N2O/c1-12(15-8-9-15)16-17(13(2)18)11-10-14-6-4-3-5-7-14/h3-7,12,15-16H,8-11H2,1-2H3. The first kappa shape index (κ1) is 13.1. The van der Waals surface area contributed by atoms with Gasteiger partial charge in [-0.2, -0.15) is 0 Å². The summed E-state index contributed by atoms with van der Waals surface area (Å²) in [6.07, 6.45) is 3.47. The molecule has 1 fully saturated rings. The monoisotopic (exact) mass is 246 g/mol. The molecular weight excluding hydrogens is 224 g/mol. The summed E-state index contributed by atoms with van der Waals surface area (Å²) < 4.78 is 0. The van der Waals surface area contributed by atoms with E-state index in [-0.39, 0.29) is 5.91 Å². The van der Waals surface area contributed by atoms with Crippen LogP contribution in [0.25, 0.3) is 0 Å². The predicted molar refractivity (Wildman–Crippen MR) is 72.9 cm³/mol. The summed E-state index contributed by atoms with van der Waals surface area (Å²) >= 11 is 0. The number of hydrogen-bond donors (Lipinski definition) is 1. The Kier molecular flexibility index (Phi) is 4.37. The Bertz CT molecular complexity index is 387. The molecule has 0 bridgehead atoms. The van der Waals surface area contributed by atoms with Crippen LogP contribution in [0.5, 0.6) is 0 Å². The van der Waals surface area contributed by atoms with Crippen LogP contribution in [-0.2, 0) is 11.2 Å². The van der Waals surface area contributed by atoms with Gasteiger partial charge in [-0.25, -0.2) is 5.43 Å². The fraction of sp³-hybridized carbons (Fsp3) is 0.533. The zero-order valence-corrected chi connectivity index (χ0v) is 11.2. The second-order valence-corrected chi connectivity index (χ2v) is 5.16. The largest absolute Gasteiger partial charge is 0.278 e. The molecule has 1 aliphatic carbocycles. The molecule has 1 amide bonds. The van der Waals surface area contributed by atoms with E-state index in [0.29, 0.717) is 6.04 Å². The first-order valence-electron chi connectivity index (χ1n) is 6.75. The van der Waals surface area contributed by atoms with Crippen LogP contribution in [0.3, 0.4) is 0 Å². The molecule has 0 radical (unpaired) electrons. The summed E-state index contributed by atoms with van der Waals surface area (Å²) in [5.41, 5.74) is 4.60. The van der Waals surface area contributed by atoms with Crippen molar-refractivity contribution in [3.63, 3.8) is 0 Å². The molecule has 0 heterocycles. The summed E-state index contributed by atoms with van der Waals surface area (Å²) in [6.45, 7) is 4.52. The summed E-state index contributed by atoms with van der Waals surface area (Å²) in [7, 11) is 0. The minimum atomic E-state index is 0.0958. The van der Waals surface area contributed by atoms with Crippen molar-refractivity contribution in [3.8, 4) is 0 Å². The van der Waals surface area contributed by atoms with Crippen molar-refractivity contribution < 1.29 is 4.79 Å². The average Bonchev–Trinajstić information content (AvgIpc) is 3.19. The molecular formula is C15H22N2O. The number of benzene rings is 1. The van der Waals surface area contributed by atoms with E-state index in [1.54, 1.807) is 11.9 Å². The van der Waals surface area contributed by atoms with Crippen molar-refractivity contribution in [3.05, 3.63) is 35.9 Å². The highest BCUT2D eigenvalue weighted by Crippen LogP contribution is 2.32. The first-order valence-corrected chi connectivity index (χ1v) is 6.75. The SMILES string of the molecule is CC(=O)N(CCc1ccccc1)NC(C)C1CC1. The van der Waals surface area contributed by atoms with E-state index in [1.165, 1.54) is 18.4 Å². The minimum absolute atomic E-state index is 0.0958. The molecule has 1 aliphatic rings. The Morgan fingerprint density at radius 1 is 1.39 bits per heavy atom. The second-order valence-electron chi connectivity index (χ2n) is 5.16. The molecule has 0 aromatic heterocycles. The maximum absolute atomic E-state index is 11.6. The molecule has 2 rings (SSSR count). The van der Waals surface area contributed by atoms with E-state index >= 15 is 0 Å². The molecule has 1 N–H and O–H groups in total. The lowest BCUT2D eigenvalue weighted by atomic mass is 10.1. The third-order valence-corrected chi connectivity index (χ3v) is 3.54. The Hall–Kier alpha value is -1.35. The van der Waals surface area contributed by atoms with Gasteiger partial charge in [0.25, 0.3) is 0 Å². The molecule has 0 saturated heterocycles. The van der Waals surface area contributed by atoms with Crippen molar-refractivity contribution in [2.45, 2.75) is 39.2 Å². The van der Waals surface area contributed by atoms with Gasteiger partial charge >= 0.3 is 0 Å². The van der Waals surface area contributed by atoms with Crippen molar-refractivity contribution >= 4 is 5.91 Å². The Balaban J connectivity index is 1.84. The van der Waals surface area contributed by atoms with E-state index in [9.17, 15) is 4.79 Å². The summed E-state index contributed by atoms with van der Waals surface area (Å²) in [5.74, 6) is 0.849. The summed E-state index contributed by atoms with van der Waals surface area (Å²) in [4.78, 5) is 11.6. The van der Waals surface area contributed by atoms with Crippen LogP contribution in [0.4, 0.5) is 0 Å². The number of nitrogens with one attached hydrogen (secondary N) is 1. The van der Waals surface area contributed by atoms with Gasteiger partial charge < -0.3 is 0 Å². The molecule has 1 atom stereocenters. The van der Waals surface area contributed by atoms with Gasteiger partial charge in [0, 0.05) is 19.5 Å². The maximum atomic E-state index is 11.6. The molecule has 1 aromatic rings. The quantitative estimate of drug-likeness (QED) is 0.782. The van der Waals surface area contributed by atoms with E-state index in [0.717, 1.165) is 18.9 Å². The maximum Gasteiger partial charge on any atom is 0.233 e. The third kappa shape index (κ3) is 3.84. The van der Waals surface area contributed by atoms with Crippen LogP contribution in [0, 0.1) is 5.92 Å². The number of hydrazine groups is 1. The lowest BCUT2D eigenvalue weighted by molar-refractivity contribution is -0.132. The lowest BCUT2D eigenvalue weighted by Crippen LogP contribution is -2.48. The average molecular weight is 246 g/mol. The van der Waals surface area contributed by atoms with E-state index < -0.39 is 0 Å². The smallest absolute Gasteiger partial charge is 0.233 e. The molecule has 0 aliphatic heterocycles. The number of amides is 1. The van der Waals surface area contributed by atoms with Gasteiger partial charge in [-0.15, -0.1) is 0 Å². The van der Waals surface area contributed by atoms with Crippen molar-refractivity contribution in [1.29, 1.82) is 0 Å². The van der Waals surface area contributed by atoms with Crippen LogP contribution in [0.1, 0.15) is 32.3 Å². The van der Waals surface area contributed by atoms with Gasteiger partial charge in [-0.05, 0) is 37.7 Å². The van der Waals surface area contributed by atoms with Crippen LogP contribution >= 0.6 is 0 Å². The van der Waals surface area contributed by atoms with Gasteiger partial charge in [0.1, 0.15) is 0 Å². The molecule has 3 heteroatoms. The normalized spacial score (nSPS) is 16.3. The summed E-state index contributed by atoms with van der Waals surface area (Å²) in [5, 5.41) is 1.76. The molecule has 98 valence electrons. The number of nitrogens with zero attached hydrogens (tertiary/aromatic N) is 1. The molecule has 1 aromatic carbocycles. The molecule has 18 heavy (non-hydrogen) atoms.